The molecular weight excluding hydrogens is 357 g/mol. The molecule has 0 amide bonds. The SMILES string of the molecule is CN1CCNCC1c1noc(/C=C/c2ccc(Cl)c(C(F)(F)F)c2)n1. The van der Waals surface area contributed by atoms with Gasteiger partial charge in [0.2, 0.25) is 0 Å². The lowest BCUT2D eigenvalue weighted by molar-refractivity contribution is -0.137. The highest BCUT2D eigenvalue weighted by Crippen LogP contribution is 2.35. The Morgan fingerprint density at radius 3 is 2.88 bits per heavy atom. The lowest BCUT2D eigenvalue weighted by Crippen LogP contribution is -2.44. The van der Waals surface area contributed by atoms with E-state index in [1.165, 1.54) is 24.3 Å². The molecule has 0 aliphatic carbocycles. The van der Waals surface area contributed by atoms with Crippen LogP contribution in [0, 0.1) is 0 Å². The Morgan fingerprint density at radius 2 is 2.16 bits per heavy atom. The van der Waals surface area contributed by atoms with Crippen LogP contribution in [0.5, 0.6) is 0 Å². The van der Waals surface area contributed by atoms with Crippen LogP contribution in [-0.2, 0) is 6.18 Å². The molecule has 0 spiro atoms. The summed E-state index contributed by atoms with van der Waals surface area (Å²) in [7, 11) is 1.98. The van der Waals surface area contributed by atoms with Crippen molar-refractivity contribution >= 4 is 23.8 Å². The molecule has 1 aliphatic heterocycles. The summed E-state index contributed by atoms with van der Waals surface area (Å²) in [6.45, 7) is 2.48. The normalized spacial score (nSPS) is 19.6. The first-order chi connectivity index (χ1) is 11.8. The monoisotopic (exact) mass is 372 g/mol. The van der Waals surface area contributed by atoms with Crippen LogP contribution in [0.25, 0.3) is 12.2 Å². The molecule has 9 heteroatoms. The zero-order valence-corrected chi connectivity index (χ0v) is 14.1. The van der Waals surface area contributed by atoms with Gasteiger partial charge >= 0.3 is 6.18 Å². The Labute approximate surface area is 147 Å². The zero-order valence-electron chi connectivity index (χ0n) is 13.3. The van der Waals surface area contributed by atoms with E-state index in [-0.39, 0.29) is 17.0 Å². The van der Waals surface area contributed by atoms with E-state index in [0.717, 1.165) is 19.2 Å². The second-order valence-electron chi connectivity index (χ2n) is 5.76. The molecule has 1 atom stereocenters. The van der Waals surface area contributed by atoms with Crippen LogP contribution in [0.4, 0.5) is 13.2 Å². The van der Waals surface area contributed by atoms with E-state index in [1.807, 2.05) is 7.05 Å². The maximum absolute atomic E-state index is 12.9. The summed E-state index contributed by atoms with van der Waals surface area (Å²) in [5.41, 5.74) is -0.537. The Balaban J connectivity index is 1.77. The Kier molecular flexibility index (Phi) is 5.12. The molecule has 1 saturated heterocycles. The van der Waals surface area contributed by atoms with Gasteiger partial charge in [-0.25, -0.2) is 0 Å². The molecule has 2 aromatic rings. The van der Waals surface area contributed by atoms with Gasteiger partial charge in [-0.1, -0.05) is 22.8 Å². The Hall–Kier alpha value is -1.90. The molecule has 5 nitrogen and oxygen atoms in total. The average molecular weight is 373 g/mol. The number of likely N-dealkylation sites (N-methyl/N-ethyl adjacent to an activating group) is 1. The smallest absolute Gasteiger partial charge is 0.335 e. The van der Waals surface area contributed by atoms with Crippen LogP contribution in [0.1, 0.15) is 28.9 Å². The van der Waals surface area contributed by atoms with Gasteiger partial charge in [-0.2, -0.15) is 18.2 Å². The number of aromatic nitrogens is 2. The molecule has 1 aromatic carbocycles. The first-order valence-electron chi connectivity index (χ1n) is 7.64. The second-order valence-corrected chi connectivity index (χ2v) is 6.17. The van der Waals surface area contributed by atoms with Gasteiger partial charge < -0.3 is 9.84 Å². The summed E-state index contributed by atoms with van der Waals surface area (Å²) in [4.78, 5) is 6.41. The fourth-order valence-corrected chi connectivity index (χ4v) is 2.80. The summed E-state index contributed by atoms with van der Waals surface area (Å²) < 4.78 is 43.8. The van der Waals surface area contributed by atoms with Crippen LogP contribution < -0.4 is 5.32 Å². The van der Waals surface area contributed by atoms with Gasteiger partial charge in [0, 0.05) is 25.7 Å². The topological polar surface area (TPSA) is 54.2 Å². The largest absolute Gasteiger partial charge is 0.417 e. The maximum Gasteiger partial charge on any atom is 0.417 e. The van der Waals surface area contributed by atoms with E-state index >= 15 is 0 Å². The molecule has 1 N–H and O–H groups in total. The number of hydrogen-bond donors (Lipinski definition) is 1. The number of alkyl halides is 3. The molecule has 1 aromatic heterocycles. The first kappa shape index (κ1) is 17.9. The Bertz CT molecular complexity index is 775. The standard InChI is InChI=1S/C16H16ClF3N4O/c1-24-7-6-21-9-13(24)15-22-14(25-23-15)5-3-10-2-4-12(17)11(8-10)16(18,19)20/h2-5,8,13,21H,6-7,9H2,1H3/b5-3+. The van der Waals surface area contributed by atoms with E-state index in [0.29, 0.717) is 17.9 Å². The van der Waals surface area contributed by atoms with Crippen LogP contribution in [0.2, 0.25) is 5.02 Å². The van der Waals surface area contributed by atoms with E-state index < -0.39 is 11.7 Å². The minimum Gasteiger partial charge on any atom is -0.335 e. The van der Waals surface area contributed by atoms with Gasteiger partial charge in [-0.15, -0.1) is 0 Å². The minimum absolute atomic E-state index is 0.00649. The molecule has 3 rings (SSSR count). The number of benzene rings is 1. The number of rotatable bonds is 3. The summed E-state index contributed by atoms with van der Waals surface area (Å²) in [6.07, 6.45) is -1.54. The fraction of sp³-hybridized carbons (Fsp3) is 0.375. The van der Waals surface area contributed by atoms with Crippen LogP contribution in [0.15, 0.2) is 22.7 Å². The predicted octanol–water partition coefficient (Wildman–Crippen LogP) is 3.49. The Morgan fingerprint density at radius 1 is 1.36 bits per heavy atom. The molecule has 25 heavy (non-hydrogen) atoms. The molecule has 1 aliphatic rings. The first-order valence-corrected chi connectivity index (χ1v) is 8.02. The minimum atomic E-state index is -4.50. The average Bonchev–Trinajstić information content (AvgIpc) is 3.02. The zero-order chi connectivity index (χ0) is 18.0. The van der Waals surface area contributed by atoms with Crippen molar-refractivity contribution in [2.45, 2.75) is 12.2 Å². The molecule has 1 unspecified atom stereocenters. The van der Waals surface area contributed by atoms with Crippen molar-refractivity contribution in [3.8, 4) is 0 Å². The third kappa shape index (κ3) is 4.20. The highest BCUT2D eigenvalue weighted by molar-refractivity contribution is 6.31. The van der Waals surface area contributed by atoms with E-state index in [4.69, 9.17) is 16.1 Å². The van der Waals surface area contributed by atoms with Crippen molar-refractivity contribution in [1.29, 1.82) is 0 Å². The molecule has 2 heterocycles. The maximum atomic E-state index is 12.9. The lowest BCUT2D eigenvalue weighted by atomic mass is 10.1. The molecule has 1 fully saturated rings. The van der Waals surface area contributed by atoms with E-state index in [2.05, 4.69) is 20.4 Å². The third-order valence-electron chi connectivity index (χ3n) is 3.98. The number of piperazine rings is 1. The van der Waals surface area contributed by atoms with Crippen molar-refractivity contribution in [3.63, 3.8) is 0 Å². The number of halogens is 4. The van der Waals surface area contributed by atoms with E-state index in [9.17, 15) is 13.2 Å². The highest BCUT2D eigenvalue weighted by Gasteiger charge is 2.33. The van der Waals surface area contributed by atoms with Crippen molar-refractivity contribution in [2.24, 2.45) is 0 Å². The van der Waals surface area contributed by atoms with Crippen molar-refractivity contribution in [1.82, 2.24) is 20.4 Å². The third-order valence-corrected chi connectivity index (χ3v) is 4.31. The predicted molar refractivity (Wildman–Crippen MR) is 87.9 cm³/mol. The summed E-state index contributed by atoms with van der Waals surface area (Å²) >= 11 is 5.61. The second kappa shape index (κ2) is 7.15. The summed E-state index contributed by atoms with van der Waals surface area (Å²) in [5.74, 6) is 0.777. The van der Waals surface area contributed by atoms with Gasteiger partial charge in [-0.3, -0.25) is 4.90 Å². The van der Waals surface area contributed by atoms with Crippen LogP contribution in [0.3, 0.4) is 0 Å². The molecule has 134 valence electrons. The molecule has 0 saturated carbocycles. The van der Waals surface area contributed by atoms with Gasteiger partial charge in [0.05, 0.1) is 16.6 Å². The van der Waals surface area contributed by atoms with Crippen LogP contribution in [-0.4, -0.2) is 41.7 Å². The molecule has 0 radical (unpaired) electrons. The highest BCUT2D eigenvalue weighted by atomic mass is 35.5. The number of nitrogens with zero attached hydrogens (tertiary/aromatic N) is 3. The summed E-state index contributed by atoms with van der Waals surface area (Å²) in [6, 6.07) is 3.69. The number of nitrogens with one attached hydrogen (secondary N) is 1. The van der Waals surface area contributed by atoms with Gasteiger partial charge in [-0.05, 0) is 30.8 Å². The van der Waals surface area contributed by atoms with Gasteiger partial charge in [0.15, 0.2) is 5.82 Å². The molecule has 0 bridgehead atoms. The van der Waals surface area contributed by atoms with Crippen molar-refractivity contribution < 1.29 is 17.7 Å². The van der Waals surface area contributed by atoms with Crippen LogP contribution >= 0.6 is 11.6 Å². The fourth-order valence-electron chi connectivity index (χ4n) is 2.58. The van der Waals surface area contributed by atoms with E-state index in [1.54, 1.807) is 0 Å². The van der Waals surface area contributed by atoms with Crippen molar-refractivity contribution in [3.05, 3.63) is 46.1 Å². The number of hydrogen-bond acceptors (Lipinski definition) is 5. The summed E-state index contributed by atoms with van der Waals surface area (Å²) in [5, 5.41) is 6.87. The van der Waals surface area contributed by atoms with Gasteiger partial charge in [0.1, 0.15) is 0 Å². The van der Waals surface area contributed by atoms with Gasteiger partial charge in [0.25, 0.3) is 5.89 Å². The quantitative estimate of drug-likeness (QED) is 0.893. The molecular formula is C16H16ClF3N4O. The lowest BCUT2D eigenvalue weighted by Gasteiger charge is -2.30. The van der Waals surface area contributed by atoms with Crippen molar-refractivity contribution in [2.75, 3.05) is 26.7 Å².